The van der Waals surface area contributed by atoms with Gasteiger partial charge < -0.3 is 14.6 Å². The Balaban J connectivity index is 1.59. The van der Waals surface area contributed by atoms with Crippen molar-refractivity contribution in [2.75, 3.05) is 6.61 Å². The van der Waals surface area contributed by atoms with Crippen molar-refractivity contribution in [3.8, 4) is 11.4 Å². The number of nitrogens with one attached hydrogen (secondary N) is 1. The SMILES string of the molecule is Cc1cc(OCC(=O)NCc2ccccc2-n2ccnc2)cc(C)c1Cl. The number of rotatable bonds is 6. The predicted octanol–water partition coefficient (Wildman–Crippen LogP) is 3.84. The molecule has 26 heavy (non-hydrogen) atoms. The summed E-state index contributed by atoms with van der Waals surface area (Å²) in [6.07, 6.45) is 5.32. The predicted molar refractivity (Wildman–Crippen MR) is 102 cm³/mol. The molecule has 2 aromatic carbocycles. The number of carbonyl (C=O) groups excluding carboxylic acids is 1. The monoisotopic (exact) mass is 369 g/mol. The van der Waals surface area contributed by atoms with Gasteiger partial charge in [0.05, 0.1) is 12.0 Å². The third kappa shape index (κ3) is 4.24. The molecular formula is C20H20ClN3O2. The van der Waals surface area contributed by atoms with Gasteiger partial charge in [-0.3, -0.25) is 4.79 Å². The van der Waals surface area contributed by atoms with Crippen LogP contribution in [-0.2, 0) is 11.3 Å². The molecule has 0 radical (unpaired) electrons. The van der Waals surface area contributed by atoms with Gasteiger partial charge >= 0.3 is 0 Å². The van der Waals surface area contributed by atoms with E-state index in [-0.39, 0.29) is 12.5 Å². The standard InChI is InChI=1S/C20H20ClN3O2/c1-14-9-17(10-15(2)20(14)21)26-12-19(25)23-11-16-5-3-4-6-18(16)24-8-7-22-13-24/h3-10,13H,11-12H2,1-2H3,(H,23,25). The molecule has 0 aliphatic rings. The first-order chi connectivity index (χ1) is 12.5. The summed E-state index contributed by atoms with van der Waals surface area (Å²) < 4.78 is 7.50. The van der Waals surface area contributed by atoms with Gasteiger partial charge in [-0.15, -0.1) is 0 Å². The number of carbonyl (C=O) groups is 1. The number of hydrogen-bond donors (Lipinski definition) is 1. The normalized spacial score (nSPS) is 10.6. The number of hydrogen-bond acceptors (Lipinski definition) is 3. The second-order valence-corrected chi connectivity index (χ2v) is 6.41. The van der Waals surface area contributed by atoms with Crippen LogP contribution in [-0.4, -0.2) is 22.1 Å². The molecule has 0 saturated carbocycles. The van der Waals surface area contributed by atoms with Crippen molar-refractivity contribution in [2.45, 2.75) is 20.4 Å². The number of aryl methyl sites for hydroxylation is 2. The van der Waals surface area contributed by atoms with Gasteiger partial charge in [-0.05, 0) is 48.7 Å². The zero-order valence-electron chi connectivity index (χ0n) is 14.7. The molecule has 0 spiro atoms. The molecule has 1 heterocycles. The van der Waals surface area contributed by atoms with Gasteiger partial charge in [0.15, 0.2) is 6.61 Å². The van der Waals surface area contributed by atoms with Gasteiger partial charge in [0, 0.05) is 24.0 Å². The van der Waals surface area contributed by atoms with Crippen LogP contribution in [0, 0.1) is 13.8 Å². The van der Waals surface area contributed by atoms with E-state index in [2.05, 4.69) is 10.3 Å². The third-order valence-electron chi connectivity index (χ3n) is 4.03. The van der Waals surface area contributed by atoms with Gasteiger partial charge in [0.25, 0.3) is 5.91 Å². The van der Waals surface area contributed by atoms with Gasteiger partial charge in [0.1, 0.15) is 5.75 Å². The van der Waals surface area contributed by atoms with Crippen molar-refractivity contribution < 1.29 is 9.53 Å². The number of imidazole rings is 1. The number of nitrogens with zero attached hydrogens (tertiary/aromatic N) is 2. The Labute approximate surface area is 157 Å². The van der Waals surface area contributed by atoms with E-state index in [1.807, 2.05) is 61.0 Å². The molecule has 0 bridgehead atoms. The molecule has 0 fully saturated rings. The fourth-order valence-electron chi connectivity index (χ4n) is 2.70. The first-order valence-corrected chi connectivity index (χ1v) is 8.65. The zero-order valence-corrected chi connectivity index (χ0v) is 15.5. The Hall–Kier alpha value is -2.79. The van der Waals surface area contributed by atoms with Crippen molar-refractivity contribution >= 4 is 17.5 Å². The summed E-state index contributed by atoms with van der Waals surface area (Å²) in [6, 6.07) is 11.5. The summed E-state index contributed by atoms with van der Waals surface area (Å²) in [4.78, 5) is 16.2. The van der Waals surface area contributed by atoms with Crippen molar-refractivity contribution in [1.82, 2.24) is 14.9 Å². The van der Waals surface area contributed by atoms with Gasteiger partial charge in [-0.25, -0.2) is 4.98 Å². The minimum atomic E-state index is -0.185. The Morgan fingerprint density at radius 2 is 1.96 bits per heavy atom. The fourth-order valence-corrected chi connectivity index (χ4v) is 2.81. The third-order valence-corrected chi connectivity index (χ3v) is 4.63. The van der Waals surface area contributed by atoms with Gasteiger partial charge in [-0.2, -0.15) is 0 Å². The van der Waals surface area contributed by atoms with E-state index in [0.29, 0.717) is 12.3 Å². The Morgan fingerprint density at radius 3 is 2.65 bits per heavy atom. The molecule has 3 rings (SSSR count). The van der Waals surface area contributed by atoms with Crippen LogP contribution in [0.3, 0.4) is 0 Å². The van der Waals surface area contributed by atoms with E-state index in [1.54, 1.807) is 12.5 Å². The number of amides is 1. The molecule has 0 atom stereocenters. The highest BCUT2D eigenvalue weighted by atomic mass is 35.5. The van der Waals surface area contributed by atoms with E-state index in [4.69, 9.17) is 16.3 Å². The molecule has 0 aliphatic carbocycles. The number of ether oxygens (including phenoxy) is 1. The van der Waals surface area contributed by atoms with Crippen molar-refractivity contribution in [2.24, 2.45) is 0 Å². The summed E-state index contributed by atoms with van der Waals surface area (Å²) in [6.45, 7) is 4.19. The average Bonchev–Trinajstić information content (AvgIpc) is 3.17. The highest BCUT2D eigenvalue weighted by Gasteiger charge is 2.08. The zero-order chi connectivity index (χ0) is 18.5. The molecule has 134 valence electrons. The lowest BCUT2D eigenvalue weighted by molar-refractivity contribution is -0.123. The van der Waals surface area contributed by atoms with Crippen LogP contribution in [0.4, 0.5) is 0 Å². The minimum absolute atomic E-state index is 0.0479. The molecule has 5 nitrogen and oxygen atoms in total. The van der Waals surface area contributed by atoms with E-state index < -0.39 is 0 Å². The molecule has 3 aromatic rings. The van der Waals surface area contributed by atoms with Crippen molar-refractivity contribution in [3.05, 3.63) is 76.8 Å². The maximum absolute atomic E-state index is 12.1. The number of benzene rings is 2. The first kappa shape index (κ1) is 18.0. The lowest BCUT2D eigenvalue weighted by atomic mass is 10.1. The molecule has 1 N–H and O–H groups in total. The smallest absolute Gasteiger partial charge is 0.258 e. The maximum Gasteiger partial charge on any atom is 0.258 e. The lowest BCUT2D eigenvalue weighted by Gasteiger charge is -2.12. The van der Waals surface area contributed by atoms with Crippen LogP contribution < -0.4 is 10.1 Å². The van der Waals surface area contributed by atoms with Gasteiger partial charge in [0.2, 0.25) is 0 Å². The molecule has 0 aliphatic heterocycles. The Bertz CT molecular complexity index is 884. The van der Waals surface area contributed by atoms with E-state index in [9.17, 15) is 4.79 Å². The topological polar surface area (TPSA) is 56.1 Å². The second kappa shape index (κ2) is 8.06. The second-order valence-electron chi connectivity index (χ2n) is 6.04. The van der Waals surface area contributed by atoms with E-state index in [1.165, 1.54) is 0 Å². The highest BCUT2D eigenvalue weighted by molar-refractivity contribution is 6.32. The lowest BCUT2D eigenvalue weighted by Crippen LogP contribution is -2.28. The molecular weight excluding hydrogens is 350 g/mol. The van der Waals surface area contributed by atoms with Crippen molar-refractivity contribution in [1.29, 1.82) is 0 Å². The van der Waals surface area contributed by atoms with Crippen LogP contribution in [0.25, 0.3) is 5.69 Å². The van der Waals surface area contributed by atoms with Crippen LogP contribution in [0.15, 0.2) is 55.1 Å². The molecule has 1 aromatic heterocycles. The van der Waals surface area contributed by atoms with Crippen molar-refractivity contribution in [3.63, 3.8) is 0 Å². The number of aromatic nitrogens is 2. The summed E-state index contributed by atoms with van der Waals surface area (Å²) in [7, 11) is 0. The molecule has 0 saturated heterocycles. The van der Waals surface area contributed by atoms with Crippen LogP contribution >= 0.6 is 11.6 Å². The number of para-hydroxylation sites is 1. The van der Waals surface area contributed by atoms with E-state index in [0.717, 1.165) is 27.4 Å². The molecule has 1 amide bonds. The van der Waals surface area contributed by atoms with Crippen LogP contribution in [0.2, 0.25) is 5.02 Å². The van der Waals surface area contributed by atoms with Crippen LogP contribution in [0.1, 0.15) is 16.7 Å². The van der Waals surface area contributed by atoms with Gasteiger partial charge in [-0.1, -0.05) is 29.8 Å². The fraction of sp³-hybridized carbons (Fsp3) is 0.200. The molecule has 0 unspecified atom stereocenters. The minimum Gasteiger partial charge on any atom is -0.484 e. The van der Waals surface area contributed by atoms with Crippen LogP contribution in [0.5, 0.6) is 5.75 Å². The quantitative estimate of drug-likeness (QED) is 0.718. The molecule has 6 heteroatoms. The number of halogens is 1. The Kier molecular flexibility index (Phi) is 5.58. The van der Waals surface area contributed by atoms with E-state index >= 15 is 0 Å². The summed E-state index contributed by atoms with van der Waals surface area (Å²) in [5, 5.41) is 3.61. The summed E-state index contributed by atoms with van der Waals surface area (Å²) in [5.41, 5.74) is 3.83. The first-order valence-electron chi connectivity index (χ1n) is 8.27. The maximum atomic E-state index is 12.1. The Morgan fingerprint density at radius 1 is 1.23 bits per heavy atom. The summed E-state index contributed by atoms with van der Waals surface area (Å²) in [5.74, 6) is 0.453. The largest absolute Gasteiger partial charge is 0.484 e. The average molecular weight is 370 g/mol. The highest BCUT2D eigenvalue weighted by Crippen LogP contribution is 2.25. The summed E-state index contributed by atoms with van der Waals surface area (Å²) >= 11 is 6.15.